The first-order valence-electron chi connectivity index (χ1n) is 7.91. The lowest BCUT2D eigenvalue weighted by molar-refractivity contribution is -0.117. The fourth-order valence-electron chi connectivity index (χ4n) is 2.70. The van der Waals surface area contributed by atoms with Crippen molar-refractivity contribution in [1.82, 2.24) is 0 Å². The third-order valence-electron chi connectivity index (χ3n) is 3.98. The monoisotopic (exact) mass is 341 g/mol. The Balaban J connectivity index is 1.66. The summed E-state index contributed by atoms with van der Waals surface area (Å²) in [6.45, 7) is 0.0652. The summed E-state index contributed by atoms with van der Waals surface area (Å²) in [6, 6.07) is 12.0. The number of ketones is 1. The number of anilines is 1. The van der Waals surface area contributed by atoms with Crippen LogP contribution in [-0.4, -0.2) is 30.8 Å². The molecule has 128 valence electrons. The van der Waals surface area contributed by atoms with Crippen LogP contribution in [0.3, 0.4) is 0 Å². The standard InChI is InChI=1S/C19H16FNO4/c20-16-8-2-1-7-15(16)17(22)12-25-19(24)13-5-3-6-14(11-13)21-10-4-9-18(21)23/h1-3,5-8,11H,4,9-10,12H2. The summed E-state index contributed by atoms with van der Waals surface area (Å²) in [5.41, 5.74) is 0.739. The predicted octanol–water partition coefficient (Wildman–Crippen LogP) is 2.99. The van der Waals surface area contributed by atoms with Crippen molar-refractivity contribution in [2.75, 3.05) is 18.1 Å². The molecule has 0 radical (unpaired) electrons. The molecule has 0 aliphatic carbocycles. The molecule has 0 aromatic heterocycles. The number of hydrogen-bond donors (Lipinski definition) is 0. The van der Waals surface area contributed by atoms with Crippen LogP contribution < -0.4 is 4.90 Å². The number of halogens is 1. The number of esters is 1. The summed E-state index contributed by atoms with van der Waals surface area (Å²) in [6.07, 6.45) is 1.27. The van der Waals surface area contributed by atoms with E-state index in [1.54, 1.807) is 29.2 Å². The lowest BCUT2D eigenvalue weighted by Crippen LogP contribution is -2.24. The molecular weight excluding hydrogens is 325 g/mol. The highest BCUT2D eigenvalue weighted by molar-refractivity contribution is 6.00. The molecule has 2 aromatic carbocycles. The third-order valence-corrected chi connectivity index (χ3v) is 3.98. The van der Waals surface area contributed by atoms with Gasteiger partial charge in [-0.25, -0.2) is 9.18 Å². The Morgan fingerprint density at radius 1 is 1.12 bits per heavy atom. The second kappa shape index (κ2) is 7.25. The van der Waals surface area contributed by atoms with Gasteiger partial charge in [0.15, 0.2) is 6.61 Å². The molecule has 0 bridgehead atoms. The summed E-state index contributed by atoms with van der Waals surface area (Å²) in [4.78, 5) is 37.5. The van der Waals surface area contributed by atoms with Gasteiger partial charge in [-0.1, -0.05) is 18.2 Å². The lowest BCUT2D eigenvalue weighted by atomic mass is 10.1. The molecule has 1 aliphatic heterocycles. The van der Waals surface area contributed by atoms with E-state index in [1.165, 1.54) is 24.3 Å². The van der Waals surface area contributed by atoms with E-state index >= 15 is 0 Å². The van der Waals surface area contributed by atoms with Crippen LogP contribution in [0.5, 0.6) is 0 Å². The highest BCUT2D eigenvalue weighted by Gasteiger charge is 2.22. The van der Waals surface area contributed by atoms with Gasteiger partial charge >= 0.3 is 5.97 Å². The van der Waals surface area contributed by atoms with Crippen molar-refractivity contribution < 1.29 is 23.5 Å². The normalized spacial score (nSPS) is 13.8. The van der Waals surface area contributed by atoms with Crippen molar-refractivity contribution in [1.29, 1.82) is 0 Å². The van der Waals surface area contributed by atoms with Gasteiger partial charge in [0.1, 0.15) is 5.82 Å². The molecular formula is C19H16FNO4. The molecule has 1 saturated heterocycles. The number of benzene rings is 2. The van der Waals surface area contributed by atoms with E-state index in [0.29, 0.717) is 18.7 Å². The number of hydrogen-bond acceptors (Lipinski definition) is 4. The van der Waals surface area contributed by atoms with Crippen LogP contribution in [0.15, 0.2) is 48.5 Å². The molecule has 3 rings (SSSR count). The number of amides is 1. The van der Waals surface area contributed by atoms with Gasteiger partial charge in [0, 0.05) is 18.7 Å². The zero-order chi connectivity index (χ0) is 17.8. The Bertz CT molecular complexity index is 834. The van der Waals surface area contributed by atoms with Crippen molar-refractivity contribution in [3.8, 4) is 0 Å². The molecule has 25 heavy (non-hydrogen) atoms. The Morgan fingerprint density at radius 2 is 1.92 bits per heavy atom. The molecule has 2 aromatic rings. The summed E-state index contributed by atoms with van der Waals surface area (Å²) >= 11 is 0. The highest BCUT2D eigenvalue weighted by atomic mass is 19.1. The average molecular weight is 341 g/mol. The van der Waals surface area contributed by atoms with E-state index in [-0.39, 0.29) is 17.0 Å². The Morgan fingerprint density at radius 3 is 2.64 bits per heavy atom. The largest absolute Gasteiger partial charge is 0.454 e. The second-order valence-electron chi connectivity index (χ2n) is 5.68. The number of nitrogens with zero attached hydrogens (tertiary/aromatic N) is 1. The first-order chi connectivity index (χ1) is 12.1. The molecule has 0 spiro atoms. The molecule has 0 N–H and O–H groups in total. The van der Waals surface area contributed by atoms with E-state index in [4.69, 9.17) is 4.74 Å². The van der Waals surface area contributed by atoms with Crippen LogP contribution in [0.1, 0.15) is 33.6 Å². The molecule has 1 aliphatic rings. The van der Waals surface area contributed by atoms with Crippen LogP contribution in [0.4, 0.5) is 10.1 Å². The Hall–Kier alpha value is -3.02. The smallest absolute Gasteiger partial charge is 0.338 e. The quantitative estimate of drug-likeness (QED) is 0.619. The summed E-state index contributed by atoms with van der Waals surface area (Å²) in [7, 11) is 0. The number of carbonyl (C=O) groups excluding carboxylic acids is 3. The maximum Gasteiger partial charge on any atom is 0.338 e. The van der Waals surface area contributed by atoms with Gasteiger partial charge in [0.05, 0.1) is 11.1 Å². The highest BCUT2D eigenvalue weighted by Crippen LogP contribution is 2.22. The van der Waals surface area contributed by atoms with Gasteiger partial charge in [-0.3, -0.25) is 9.59 Å². The SMILES string of the molecule is O=C(OCC(=O)c1ccccc1F)c1cccc(N2CCCC2=O)c1. The molecule has 0 unspecified atom stereocenters. The molecule has 1 fully saturated rings. The molecule has 5 nitrogen and oxygen atoms in total. The van der Waals surface area contributed by atoms with Crippen molar-refractivity contribution in [3.05, 3.63) is 65.5 Å². The maximum absolute atomic E-state index is 13.6. The van der Waals surface area contributed by atoms with Crippen LogP contribution >= 0.6 is 0 Å². The minimum atomic E-state index is -0.696. The zero-order valence-electron chi connectivity index (χ0n) is 13.4. The van der Waals surface area contributed by atoms with Crippen molar-refractivity contribution >= 4 is 23.3 Å². The van der Waals surface area contributed by atoms with Crippen molar-refractivity contribution in [2.24, 2.45) is 0 Å². The third kappa shape index (κ3) is 3.74. The first kappa shape index (κ1) is 16.8. The minimum absolute atomic E-state index is 0.0141. The number of ether oxygens (including phenoxy) is 1. The van der Waals surface area contributed by atoms with E-state index in [0.717, 1.165) is 6.42 Å². The van der Waals surface area contributed by atoms with E-state index in [2.05, 4.69) is 0 Å². The molecule has 0 saturated carbocycles. The van der Waals surface area contributed by atoms with Gasteiger partial charge in [0.2, 0.25) is 11.7 Å². The maximum atomic E-state index is 13.6. The molecule has 1 amide bonds. The van der Waals surface area contributed by atoms with Gasteiger partial charge in [-0.15, -0.1) is 0 Å². The van der Waals surface area contributed by atoms with Crippen LogP contribution in [0.2, 0.25) is 0 Å². The van der Waals surface area contributed by atoms with Gasteiger partial charge in [0.25, 0.3) is 0 Å². The molecule has 0 atom stereocenters. The van der Waals surface area contributed by atoms with Gasteiger partial charge in [-0.05, 0) is 36.8 Å². The van der Waals surface area contributed by atoms with E-state index in [1.807, 2.05) is 0 Å². The Labute approximate surface area is 144 Å². The zero-order valence-corrected chi connectivity index (χ0v) is 13.4. The topological polar surface area (TPSA) is 63.7 Å². The van der Waals surface area contributed by atoms with Crippen molar-refractivity contribution in [2.45, 2.75) is 12.8 Å². The average Bonchev–Trinajstić information content (AvgIpc) is 3.06. The minimum Gasteiger partial charge on any atom is -0.454 e. The van der Waals surface area contributed by atoms with Gasteiger partial charge in [-0.2, -0.15) is 0 Å². The number of carbonyl (C=O) groups is 3. The second-order valence-corrected chi connectivity index (χ2v) is 5.68. The summed E-state index contributed by atoms with van der Waals surface area (Å²) < 4.78 is 18.5. The lowest BCUT2D eigenvalue weighted by Gasteiger charge is -2.16. The van der Waals surface area contributed by atoms with Crippen LogP contribution in [-0.2, 0) is 9.53 Å². The number of rotatable bonds is 5. The first-order valence-corrected chi connectivity index (χ1v) is 7.91. The van der Waals surface area contributed by atoms with Crippen LogP contribution in [0.25, 0.3) is 0 Å². The fourth-order valence-corrected chi connectivity index (χ4v) is 2.70. The number of Topliss-reactive ketones (excluding diaryl/α,β-unsaturated/α-hetero) is 1. The molecule has 6 heteroatoms. The van der Waals surface area contributed by atoms with Gasteiger partial charge < -0.3 is 9.64 Å². The van der Waals surface area contributed by atoms with E-state index < -0.39 is 24.2 Å². The summed E-state index contributed by atoms with van der Waals surface area (Å²) in [5.74, 6) is -1.95. The molecule has 1 heterocycles. The van der Waals surface area contributed by atoms with Crippen LogP contribution in [0, 0.1) is 5.82 Å². The fraction of sp³-hybridized carbons (Fsp3) is 0.211. The Kier molecular flexibility index (Phi) is 4.88. The van der Waals surface area contributed by atoms with E-state index in [9.17, 15) is 18.8 Å². The van der Waals surface area contributed by atoms with Crippen molar-refractivity contribution in [3.63, 3.8) is 0 Å². The summed E-state index contributed by atoms with van der Waals surface area (Å²) in [5, 5.41) is 0. The predicted molar refractivity (Wildman–Crippen MR) is 89.0 cm³/mol.